The molecule has 134 valence electrons. The molecule has 0 N–H and O–H groups in total. The Morgan fingerprint density at radius 2 is 1.87 bits per heavy atom. The number of rotatable bonds is 4. The Hall–Kier alpha value is 0.100. The minimum absolute atomic E-state index is 0.341. The van der Waals surface area contributed by atoms with Crippen molar-refractivity contribution in [2.24, 2.45) is 23.2 Å². The summed E-state index contributed by atoms with van der Waals surface area (Å²) in [5, 5.41) is 0. The third-order valence-corrected chi connectivity index (χ3v) is 15.4. The van der Waals surface area contributed by atoms with Crippen molar-refractivity contribution in [2.75, 3.05) is 12.8 Å². The monoisotopic (exact) mass is 338 g/mol. The Morgan fingerprint density at radius 1 is 1.13 bits per heavy atom. The number of ketones is 1. The molecule has 0 aromatic heterocycles. The first-order valence-corrected chi connectivity index (χ1v) is 13.2. The van der Waals surface area contributed by atoms with Crippen LogP contribution in [-0.4, -0.2) is 29.9 Å². The van der Waals surface area contributed by atoms with Gasteiger partial charge in [0.2, 0.25) is 0 Å². The molecule has 1 nitrogen and oxygen atoms in total. The molecule has 3 fully saturated rings. The summed E-state index contributed by atoms with van der Waals surface area (Å²) < 4.78 is 0. The Balaban J connectivity index is 1.89. The van der Waals surface area contributed by atoms with Gasteiger partial charge in [-0.3, -0.25) is 0 Å². The molecule has 1 saturated heterocycles. The standard InChI is InChI=1S/C21H39OP/c1-6-14-23(5)16(7-2)8-9-17-19-11-10-18(15(3)22)21(19,4)13-12-20(17)23/h16-20,23H,6-14H2,1-5H3. The Kier molecular flexibility index (Phi) is 5.01. The molecule has 0 radical (unpaired) electrons. The van der Waals surface area contributed by atoms with Crippen molar-refractivity contribution < 1.29 is 4.79 Å². The first-order chi connectivity index (χ1) is 10.9. The number of fused-ring (bicyclic) bond motifs is 3. The van der Waals surface area contributed by atoms with Gasteiger partial charge in [-0.25, -0.2) is 0 Å². The zero-order valence-electron chi connectivity index (χ0n) is 16.2. The molecule has 6 atom stereocenters. The molecule has 1 aliphatic heterocycles. The van der Waals surface area contributed by atoms with Crippen LogP contribution in [0.4, 0.5) is 0 Å². The van der Waals surface area contributed by atoms with E-state index in [0.29, 0.717) is 17.1 Å². The summed E-state index contributed by atoms with van der Waals surface area (Å²) in [6.07, 6.45) is 12.6. The van der Waals surface area contributed by atoms with E-state index in [-0.39, 0.29) is 0 Å². The number of hydrogen-bond acceptors (Lipinski definition) is 1. The van der Waals surface area contributed by atoms with Crippen LogP contribution >= 0.6 is 7.26 Å². The van der Waals surface area contributed by atoms with E-state index in [2.05, 4.69) is 27.4 Å². The maximum absolute atomic E-state index is 12.2. The second kappa shape index (κ2) is 6.44. The van der Waals surface area contributed by atoms with E-state index >= 15 is 0 Å². The van der Waals surface area contributed by atoms with E-state index in [9.17, 15) is 4.79 Å². The fourth-order valence-corrected chi connectivity index (χ4v) is 14.2. The zero-order chi connectivity index (χ0) is 16.8. The summed E-state index contributed by atoms with van der Waals surface area (Å²) in [5.74, 6) is 2.67. The topological polar surface area (TPSA) is 17.1 Å². The van der Waals surface area contributed by atoms with Gasteiger partial charge < -0.3 is 0 Å². The van der Waals surface area contributed by atoms with Crippen LogP contribution in [0.2, 0.25) is 0 Å². The molecule has 1 heterocycles. The van der Waals surface area contributed by atoms with Crippen LogP contribution in [0.3, 0.4) is 0 Å². The van der Waals surface area contributed by atoms with Crippen LogP contribution in [0.25, 0.3) is 0 Å². The van der Waals surface area contributed by atoms with Crippen molar-refractivity contribution in [2.45, 2.75) is 90.4 Å². The van der Waals surface area contributed by atoms with Gasteiger partial charge in [-0.2, -0.15) is 0 Å². The Bertz CT molecular complexity index is 461. The molecular formula is C21H39OP. The molecular weight excluding hydrogens is 299 g/mol. The predicted molar refractivity (Wildman–Crippen MR) is 104 cm³/mol. The SMILES string of the molecule is CCC[PH]1(C)C(CC)CCC2C3CCC(C(C)=O)C3(C)CCC21. The fourth-order valence-electron chi connectivity index (χ4n) is 7.80. The van der Waals surface area contributed by atoms with Crippen molar-refractivity contribution in [3.63, 3.8) is 0 Å². The molecule has 6 unspecified atom stereocenters. The summed E-state index contributed by atoms with van der Waals surface area (Å²) in [7, 11) is -1.16. The van der Waals surface area contributed by atoms with Crippen LogP contribution in [0.15, 0.2) is 0 Å². The van der Waals surface area contributed by atoms with Gasteiger partial charge in [0.15, 0.2) is 0 Å². The van der Waals surface area contributed by atoms with Gasteiger partial charge in [-0.15, -0.1) is 0 Å². The van der Waals surface area contributed by atoms with Crippen molar-refractivity contribution in [3.05, 3.63) is 0 Å². The average molecular weight is 339 g/mol. The summed E-state index contributed by atoms with van der Waals surface area (Å²) in [6, 6.07) is 0. The van der Waals surface area contributed by atoms with E-state index in [4.69, 9.17) is 0 Å². The zero-order valence-corrected chi connectivity index (χ0v) is 17.2. The third-order valence-electron chi connectivity index (χ3n) is 8.84. The number of Topliss-reactive ketones (excluding diaryl/α,β-unsaturated/α-hetero) is 1. The Labute approximate surface area is 144 Å². The van der Waals surface area contributed by atoms with Crippen molar-refractivity contribution in [3.8, 4) is 0 Å². The van der Waals surface area contributed by atoms with E-state index in [1.54, 1.807) is 6.16 Å². The van der Waals surface area contributed by atoms with Crippen molar-refractivity contribution in [1.29, 1.82) is 0 Å². The van der Waals surface area contributed by atoms with Gasteiger partial charge in [0.05, 0.1) is 0 Å². The predicted octanol–water partition coefficient (Wildman–Crippen LogP) is 5.75. The molecule has 2 aliphatic carbocycles. The normalized spacial score (nSPS) is 46.7. The quantitative estimate of drug-likeness (QED) is 0.597. The van der Waals surface area contributed by atoms with Gasteiger partial charge in [0.25, 0.3) is 0 Å². The molecule has 0 amide bonds. The molecule has 0 aromatic carbocycles. The first-order valence-electron chi connectivity index (χ1n) is 10.4. The summed E-state index contributed by atoms with van der Waals surface area (Å²) in [4.78, 5) is 12.2. The molecule has 3 aliphatic rings. The summed E-state index contributed by atoms with van der Waals surface area (Å²) >= 11 is 0. The van der Waals surface area contributed by atoms with Crippen molar-refractivity contribution in [1.82, 2.24) is 0 Å². The van der Waals surface area contributed by atoms with E-state index < -0.39 is 7.26 Å². The van der Waals surface area contributed by atoms with Crippen LogP contribution in [-0.2, 0) is 4.79 Å². The number of hydrogen-bond donors (Lipinski definition) is 0. The third kappa shape index (κ3) is 2.65. The molecule has 0 spiro atoms. The summed E-state index contributed by atoms with van der Waals surface area (Å²) in [6.45, 7) is 12.0. The number of carbonyl (C=O) groups excluding carboxylic acids is 1. The molecule has 0 aromatic rings. The molecule has 23 heavy (non-hydrogen) atoms. The first kappa shape index (κ1) is 17.9. The average Bonchev–Trinajstić information content (AvgIpc) is 2.85. The van der Waals surface area contributed by atoms with Crippen LogP contribution < -0.4 is 0 Å². The van der Waals surface area contributed by atoms with Crippen LogP contribution in [0.1, 0.15) is 79.1 Å². The van der Waals surface area contributed by atoms with E-state index in [0.717, 1.165) is 23.2 Å². The molecule has 0 bridgehead atoms. The van der Waals surface area contributed by atoms with E-state index in [1.807, 2.05) is 6.92 Å². The maximum atomic E-state index is 12.2. The summed E-state index contributed by atoms with van der Waals surface area (Å²) in [5.41, 5.74) is 2.47. The molecule has 2 saturated carbocycles. The van der Waals surface area contributed by atoms with Gasteiger partial charge in [0.1, 0.15) is 0 Å². The number of carbonyl (C=O) groups is 1. The fraction of sp³-hybridized carbons (Fsp3) is 0.952. The Morgan fingerprint density at radius 3 is 2.48 bits per heavy atom. The van der Waals surface area contributed by atoms with Crippen molar-refractivity contribution >= 4 is 13.0 Å². The van der Waals surface area contributed by atoms with Gasteiger partial charge in [-0.05, 0) is 0 Å². The molecule has 3 rings (SSSR count). The van der Waals surface area contributed by atoms with Gasteiger partial charge in [-0.1, -0.05) is 0 Å². The molecule has 2 heteroatoms. The second-order valence-electron chi connectivity index (χ2n) is 9.60. The van der Waals surface area contributed by atoms with Gasteiger partial charge in [0, 0.05) is 0 Å². The van der Waals surface area contributed by atoms with Crippen LogP contribution in [0, 0.1) is 23.2 Å². The van der Waals surface area contributed by atoms with Gasteiger partial charge >= 0.3 is 144 Å². The van der Waals surface area contributed by atoms with Crippen LogP contribution in [0.5, 0.6) is 0 Å². The van der Waals surface area contributed by atoms with E-state index in [1.165, 1.54) is 51.4 Å². The minimum atomic E-state index is -1.16. The second-order valence-corrected chi connectivity index (χ2v) is 14.7.